The van der Waals surface area contributed by atoms with Crippen molar-refractivity contribution in [3.05, 3.63) is 88.4 Å². The Labute approximate surface area is 201 Å². The van der Waals surface area contributed by atoms with E-state index in [1.165, 1.54) is 13.2 Å². The smallest absolute Gasteiger partial charge is 0.300 e. The number of amides is 1. The topological polar surface area (TPSA) is 80.0 Å². The van der Waals surface area contributed by atoms with E-state index in [0.29, 0.717) is 17.1 Å². The number of carbonyl (C=O) groups excluding carboxylic acids is 2. The van der Waals surface area contributed by atoms with Crippen LogP contribution in [-0.2, 0) is 15.0 Å². The molecular weight excluding hydrogens is 456 g/mol. The van der Waals surface area contributed by atoms with Crippen LogP contribution in [-0.4, -0.2) is 23.9 Å². The van der Waals surface area contributed by atoms with Gasteiger partial charge in [0.15, 0.2) is 11.6 Å². The SMILES string of the molecule is COc1ccc(/C(O)=C2/C(=O)C(=O)N(c3ccc(F)c(F)c3)C2c2ccc(C)o2)cc1C(C)(C)C. The normalized spacial score (nSPS) is 17.8. The minimum atomic E-state index is -1.19. The summed E-state index contributed by atoms with van der Waals surface area (Å²) < 4.78 is 38.8. The number of furan rings is 1. The largest absolute Gasteiger partial charge is 0.507 e. The number of methoxy groups -OCH3 is 1. The summed E-state index contributed by atoms with van der Waals surface area (Å²) in [5.41, 5.74) is 0.460. The Morgan fingerprint density at radius 2 is 1.74 bits per heavy atom. The molecule has 1 saturated heterocycles. The Morgan fingerprint density at radius 1 is 1.03 bits per heavy atom. The predicted molar refractivity (Wildman–Crippen MR) is 126 cm³/mol. The second kappa shape index (κ2) is 8.69. The zero-order valence-corrected chi connectivity index (χ0v) is 20.0. The molecule has 182 valence electrons. The summed E-state index contributed by atoms with van der Waals surface area (Å²) >= 11 is 0. The molecule has 0 spiro atoms. The zero-order chi connectivity index (χ0) is 25.7. The maximum Gasteiger partial charge on any atom is 0.300 e. The average molecular weight is 481 g/mol. The molecule has 1 aliphatic heterocycles. The third-order valence-corrected chi connectivity index (χ3v) is 5.94. The Hall–Kier alpha value is -3.94. The van der Waals surface area contributed by atoms with E-state index in [1.807, 2.05) is 20.8 Å². The standard InChI is InChI=1S/C27H25F2NO5/c1-14-6-10-21(35-14)23-22(24(31)15-7-11-20(34-5)17(12-15)27(2,3)4)25(32)26(33)30(23)16-8-9-18(28)19(29)13-16/h6-13,23,31H,1-5H3/b24-22-. The highest BCUT2D eigenvalue weighted by atomic mass is 19.2. The molecule has 1 aromatic heterocycles. The van der Waals surface area contributed by atoms with Gasteiger partial charge < -0.3 is 14.3 Å². The van der Waals surface area contributed by atoms with Crippen LogP contribution in [0.3, 0.4) is 0 Å². The molecular formula is C27H25F2NO5. The van der Waals surface area contributed by atoms with E-state index in [9.17, 15) is 23.5 Å². The monoisotopic (exact) mass is 481 g/mol. The third kappa shape index (κ3) is 4.20. The lowest BCUT2D eigenvalue weighted by Gasteiger charge is -2.24. The third-order valence-electron chi connectivity index (χ3n) is 5.94. The number of aliphatic hydroxyl groups excluding tert-OH is 1. The van der Waals surface area contributed by atoms with Gasteiger partial charge >= 0.3 is 0 Å². The number of nitrogens with zero attached hydrogens (tertiary/aromatic N) is 1. The number of halogens is 2. The molecule has 3 aromatic rings. The molecule has 0 aliphatic carbocycles. The van der Waals surface area contributed by atoms with Crippen LogP contribution < -0.4 is 9.64 Å². The second-order valence-corrected chi connectivity index (χ2v) is 9.38. The Balaban J connectivity index is 1.95. The first-order chi connectivity index (χ1) is 16.4. The van der Waals surface area contributed by atoms with Gasteiger partial charge in [0, 0.05) is 22.9 Å². The highest BCUT2D eigenvalue weighted by Crippen LogP contribution is 2.43. The number of rotatable bonds is 4. The molecule has 35 heavy (non-hydrogen) atoms. The number of Topliss-reactive ketones (excluding diaryl/α,β-unsaturated/α-hetero) is 1. The van der Waals surface area contributed by atoms with Gasteiger partial charge in [-0.25, -0.2) is 8.78 Å². The van der Waals surface area contributed by atoms with E-state index in [1.54, 1.807) is 37.3 Å². The molecule has 0 radical (unpaired) electrons. The first-order valence-electron chi connectivity index (χ1n) is 10.9. The van der Waals surface area contributed by atoms with Crippen molar-refractivity contribution in [2.24, 2.45) is 0 Å². The van der Waals surface area contributed by atoms with Gasteiger partial charge in [-0.05, 0) is 54.8 Å². The zero-order valence-electron chi connectivity index (χ0n) is 20.0. The molecule has 2 aromatic carbocycles. The van der Waals surface area contributed by atoms with Crippen LogP contribution >= 0.6 is 0 Å². The van der Waals surface area contributed by atoms with Crippen LogP contribution in [0.1, 0.15) is 49.5 Å². The molecule has 8 heteroatoms. The fraction of sp³-hybridized carbons (Fsp3) is 0.259. The van der Waals surface area contributed by atoms with Crippen molar-refractivity contribution >= 4 is 23.1 Å². The van der Waals surface area contributed by atoms with Gasteiger partial charge in [0.1, 0.15) is 29.1 Å². The van der Waals surface area contributed by atoms with Gasteiger partial charge in [0.25, 0.3) is 11.7 Å². The highest BCUT2D eigenvalue weighted by molar-refractivity contribution is 6.51. The summed E-state index contributed by atoms with van der Waals surface area (Å²) in [5.74, 6) is -3.35. The summed E-state index contributed by atoms with van der Waals surface area (Å²) in [6, 6.07) is 9.87. The Kier molecular flexibility index (Phi) is 6.00. The van der Waals surface area contributed by atoms with Crippen molar-refractivity contribution in [1.82, 2.24) is 0 Å². The number of ketones is 1. The molecule has 0 bridgehead atoms. The van der Waals surface area contributed by atoms with E-state index in [-0.39, 0.29) is 22.4 Å². The van der Waals surface area contributed by atoms with Gasteiger partial charge in [-0.2, -0.15) is 0 Å². The van der Waals surface area contributed by atoms with Crippen molar-refractivity contribution in [3.8, 4) is 5.75 Å². The number of benzene rings is 2. The molecule has 2 heterocycles. The van der Waals surface area contributed by atoms with Crippen LogP contribution in [0.15, 0.2) is 58.5 Å². The lowest BCUT2D eigenvalue weighted by molar-refractivity contribution is -0.132. The van der Waals surface area contributed by atoms with E-state index in [4.69, 9.17) is 9.15 Å². The number of aliphatic hydroxyl groups is 1. The molecule has 1 aliphatic rings. The van der Waals surface area contributed by atoms with Gasteiger partial charge in [-0.3, -0.25) is 14.5 Å². The van der Waals surface area contributed by atoms with Crippen LogP contribution in [0, 0.1) is 18.6 Å². The Bertz CT molecular complexity index is 1370. The molecule has 6 nitrogen and oxygen atoms in total. The lowest BCUT2D eigenvalue weighted by atomic mass is 9.84. The number of anilines is 1. The highest BCUT2D eigenvalue weighted by Gasteiger charge is 2.48. The van der Waals surface area contributed by atoms with Crippen molar-refractivity contribution in [2.75, 3.05) is 12.0 Å². The Morgan fingerprint density at radius 3 is 2.31 bits per heavy atom. The van der Waals surface area contributed by atoms with Crippen LogP contribution in [0.25, 0.3) is 5.76 Å². The van der Waals surface area contributed by atoms with Crippen molar-refractivity contribution in [2.45, 2.75) is 39.2 Å². The minimum Gasteiger partial charge on any atom is -0.507 e. The number of ether oxygens (including phenoxy) is 1. The maximum absolute atomic E-state index is 14.0. The first-order valence-corrected chi connectivity index (χ1v) is 10.9. The van der Waals surface area contributed by atoms with Crippen LogP contribution in [0.4, 0.5) is 14.5 Å². The van der Waals surface area contributed by atoms with Gasteiger partial charge in [0.05, 0.1) is 12.7 Å². The van der Waals surface area contributed by atoms with Crippen molar-refractivity contribution in [1.29, 1.82) is 0 Å². The second-order valence-electron chi connectivity index (χ2n) is 9.38. The van der Waals surface area contributed by atoms with Crippen LogP contribution in [0.2, 0.25) is 0 Å². The summed E-state index contributed by atoms with van der Waals surface area (Å²) in [6.07, 6.45) is 0. The minimum absolute atomic E-state index is 0.0470. The summed E-state index contributed by atoms with van der Waals surface area (Å²) in [7, 11) is 1.54. The fourth-order valence-electron chi connectivity index (χ4n) is 4.20. The number of hydrogen-bond acceptors (Lipinski definition) is 5. The molecule has 1 fully saturated rings. The van der Waals surface area contributed by atoms with Crippen molar-refractivity contribution in [3.63, 3.8) is 0 Å². The van der Waals surface area contributed by atoms with Crippen molar-refractivity contribution < 1.29 is 32.6 Å². The fourth-order valence-corrected chi connectivity index (χ4v) is 4.20. The summed E-state index contributed by atoms with van der Waals surface area (Å²) in [5, 5.41) is 11.3. The average Bonchev–Trinajstić information content (AvgIpc) is 3.35. The molecule has 1 atom stereocenters. The molecule has 0 saturated carbocycles. The molecule has 1 amide bonds. The van der Waals surface area contributed by atoms with E-state index < -0.39 is 35.1 Å². The molecule has 1 unspecified atom stereocenters. The molecule has 1 N–H and O–H groups in total. The van der Waals surface area contributed by atoms with E-state index in [2.05, 4.69) is 0 Å². The predicted octanol–water partition coefficient (Wildman–Crippen LogP) is 5.80. The van der Waals surface area contributed by atoms with Crippen LogP contribution in [0.5, 0.6) is 5.75 Å². The lowest BCUT2D eigenvalue weighted by Crippen LogP contribution is -2.29. The number of hydrogen-bond donors (Lipinski definition) is 1. The van der Waals surface area contributed by atoms with E-state index >= 15 is 0 Å². The summed E-state index contributed by atoms with van der Waals surface area (Å²) in [6.45, 7) is 7.61. The first kappa shape index (κ1) is 24.2. The quantitative estimate of drug-likeness (QED) is 0.290. The van der Waals surface area contributed by atoms with Gasteiger partial charge in [-0.1, -0.05) is 20.8 Å². The van der Waals surface area contributed by atoms with E-state index in [0.717, 1.165) is 22.6 Å². The number of aryl methyl sites for hydroxylation is 1. The van der Waals surface area contributed by atoms with Gasteiger partial charge in [0.2, 0.25) is 0 Å². The van der Waals surface area contributed by atoms with Gasteiger partial charge in [-0.15, -0.1) is 0 Å². The molecule has 4 rings (SSSR count). The summed E-state index contributed by atoms with van der Waals surface area (Å²) in [4.78, 5) is 27.3. The maximum atomic E-state index is 14.0. The number of carbonyl (C=O) groups is 2.